The minimum Gasteiger partial charge on any atom is -0.355 e. The van der Waals surface area contributed by atoms with Crippen molar-refractivity contribution in [3.63, 3.8) is 0 Å². The number of nitrogens with one attached hydrogen (secondary N) is 2. The fourth-order valence-corrected chi connectivity index (χ4v) is 1.66. The first-order chi connectivity index (χ1) is 8.22. The molecule has 0 radical (unpaired) electrons. The van der Waals surface area contributed by atoms with Crippen LogP contribution in [0, 0.1) is 6.92 Å². The quantitative estimate of drug-likeness (QED) is 0.704. The van der Waals surface area contributed by atoms with Crippen LogP contribution in [0.15, 0.2) is 24.3 Å². The molecular formula is C14H22N2O. The van der Waals surface area contributed by atoms with Crippen LogP contribution < -0.4 is 10.6 Å². The van der Waals surface area contributed by atoms with Gasteiger partial charge in [-0.05, 0) is 31.9 Å². The van der Waals surface area contributed by atoms with Crippen molar-refractivity contribution in [3.05, 3.63) is 35.4 Å². The maximum absolute atomic E-state index is 11.4. The third-order valence-electron chi connectivity index (χ3n) is 2.53. The van der Waals surface area contributed by atoms with Crippen molar-refractivity contribution in [1.82, 2.24) is 10.6 Å². The summed E-state index contributed by atoms with van der Waals surface area (Å²) in [6.45, 7) is 6.18. The van der Waals surface area contributed by atoms with Gasteiger partial charge in [0.25, 0.3) is 0 Å². The molecule has 0 aliphatic rings. The average molecular weight is 234 g/mol. The Morgan fingerprint density at radius 3 is 2.82 bits per heavy atom. The zero-order valence-electron chi connectivity index (χ0n) is 10.8. The summed E-state index contributed by atoms with van der Waals surface area (Å²) >= 11 is 0. The molecule has 3 nitrogen and oxygen atoms in total. The van der Waals surface area contributed by atoms with Crippen molar-refractivity contribution in [2.45, 2.75) is 26.7 Å². The van der Waals surface area contributed by atoms with Crippen molar-refractivity contribution in [2.24, 2.45) is 0 Å². The largest absolute Gasteiger partial charge is 0.355 e. The van der Waals surface area contributed by atoms with E-state index in [1.807, 2.05) is 0 Å². The van der Waals surface area contributed by atoms with E-state index in [2.05, 4.69) is 48.7 Å². The van der Waals surface area contributed by atoms with Crippen LogP contribution in [0.3, 0.4) is 0 Å². The topological polar surface area (TPSA) is 41.1 Å². The van der Waals surface area contributed by atoms with Crippen LogP contribution in [-0.4, -0.2) is 25.5 Å². The first-order valence-electron chi connectivity index (χ1n) is 6.25. The second-order valence-electron chi connectivity index (χ2n) is 4.27. The number of carbonyl (C=O) groups excluding carboxylic acids is 1. The Balaban J connectivity index is 2.17. The zero-order valence-corrected chi connectivity index (χ0v) is 10.8. The van der Waals surface area contributed by atoms with Crippen molar-refractivity contribution >= 4 is 5.91 Å². The molecule has 0 saturated carbocycles. The average Bonchev–Trinajstić information content (AvgIpc) is 2.29. The molecule has 0 aliphatic heterocycles. The summed E-state index contributed by atoms with van der Waals surface area (Å²) in [7, 11) is 0. The van der Waals surface area contributed by atoms with E-state index in [-0.39, 0.29) is 5.91 Å². The lowest BCUT2D eigenvalue weighted by molar-refractivity contribution is -0.120. The molecular weight excluding hydrogens is 212 g/mol. The van der Waals surface area contributed by atoms with Gasteiger partial charge in [-0.1, -0.05) is 36.8 Å². The van der Waals surface area contributed by atoms with Gasteiger partial charge in [0, 0.05) is 6.54 Å². The normalized spacial score (nSPS) is 10.2. The number of hydrogen-bond donors (Lipinski definition) is 2. The molecule has 0 aliphatic carbocycles. The Hall–Kier alpha value is -1.35. The predicted molar refractivity (Wildman–Crippen MR) is 71.1 cm³/mol. The standard InChI is InChI=1S/C14H22N2O/c1-3-8-15-11-14(17)16-9-7-13-6-4-5-12(2)10-13/h4-6,10,15H,3,7-9,11H2,1-2H3,(H,16,17). The number of hydrogen-bond acceptors (Lipinski definition) is 2. The first-order valence-corrected chi connectivity index (χ1v) is 6.25. The van der Waals surface area contributed by atoms with Crippen LogP contribution in [0.4, 0.5) is 0 Å². The summed E-state index contributed by atoms with van der Waals surface area (Å²) in [5.41, 5.74) is 2.53. The van der Waals surface area contributed by atoms with Gasteiger partial charge in [0.05, 0.1) is 6.54 Å². The number of benzene rings is 1. The summed E-state index contributed by atoms with van der Waals surface area (Å²) in [4.78, 5) is 11.4. The fourth-order valence-electron chi connectivity index (χ4n) is 1.66. The molecule has 0 fully saturated rings. The van der Waals surface area contributed by atoms with E-state index in [1.54, 1.807) is 0 Å². The molecule has 0 spiro atoms. The highest BCUT2D eigenvalue weighted by molar-refractivity contribution is 5.77. The molecule has 0 heterocycles. The molecule has 17 heavy (non-hydrogen) atoms. The molecule has 0 aromatic heterocycles. The Kier molecular flexibility index (Phi) is 6.33. The van der Waals surface area contributed by atoms with E-state index < -0.39 is 0 Å². The molecule has 1 rings (SSSR count). The van der Waals surface area contributed by atoms with Crippen LogP contribution >= 0.6 is 0 Å². The van der Waals surface area contributed by atoms with Gasteiger partial charge in [-0.2, -0.15) is 0 Å². The van der Waals surface area contributed by atoms with Gasteiger partial charge in [0.1, 0.15) is 0 Å². The highest BCUT2D eigenvalue weighted by Gasteiger charge is 1.99. The monoisotopic (exact) mass is 234 g/mol. The van der Waals surface area contributed by atoms with E-state index in [1.165, 1.54) is 11.1 Å². The van der Waals surface area contributed by atoms with Crippen LogP contribution in [0.2, 0.25) is 0 Å². The molecule has 94 valence electrons. The number of rotatable bonds is 7. The summed E-state index contributed by atoms with van der Waals surface area (Å²) in [6, 6.07) is 8.38. The predicted octanol–water partition coefficient (Wildman–Crippen LogP) is 1.65. The zero-order chi connectivity index (χ0) is 12.5. The van der Waals surface area contributed by atoms with E-state index >= 15 is 0 Å². The third kappa shape index (κ3) is 6.07. The van der Waals surface area contributed by atoms with Gasteiger partial charge in [0.15, 0.2) is 0 Å². The lowest BCUT2D eigenvalue weighted by Crippen LogP contribution is -2.35. The maximum atomic E-state index is 11.4. The third-order valence-corrected chi connectivity index (χ3v) is 2.53. The van der Waals surface area contributed by atoms with E-state index in [0.717, 1.165) is 19.4 Å². The molecule has 1 amide bonds. The van der Waals surface area contributed by atoms with Crippen molar-refractivity contribution in [2.75, 3.05) is 19.6 Å². The fraction of sp³-hybridized carbons (Fsp3) is 0.500. The molecule has 0 unspecified atom stereocenters. The number of amides is 1. The van der Waals surface area contributed by atoms with Crippen LogP contribution in [0.5, 0.6) is 0 Å². The minimum atomic E-state index is 0.0751. The van der Waals surface area contributed by atoms with Crippen molar-refractivity contribution in [1.29, 1.82) is 0 Å². The summed E-state index contributed by atoms with van der Waals surface area (Å²) < 4.78 is 0. The van der Waals surface area contributed by atoms with Crippen LogP contribution in [0.25, 0.3) is 0 Å². The van der Waals surface area contributed by atoms with E-state index in [0.29, 0.717) is 13.1 Å². The van der Waals surface area contributed by atoms with Crippen molar-refractivity contribution in [3.8, 4) is 0 Å². The molecule has 0 bridgehead atoms. The van der Waals surface area contributed by atoms with Gasteiger partial charge in [-0.25, -0.2) is 0 Å². The number of aryl methyl sites for hydroxylation is 1. The van der Waals surface area contributed by atoms with Gasteiger partial charge >= 0.3 is 0 Å². The minimum absolute atomic E-state index is 0.0751. The van der Waals surface area contributed by atoms with E-state index in [9.17, 15) is 4.79 Å². The lowest BCUT2D eigenvalue weighted by Gasteiger charge is -2.06. The van der Waals surface area contributed by atoms with Gasteiger partial charge in [-0.15, -0.1) is 0 Å². The summed E-state index contributed by atoms with van der Waals surface area (Å²) in [5, 5.41) is 5.99. The van der Waals surface area contributed by atoms with E-state index in [4.69, 9.17) is 0 Å². The molecule has 1 aromatic carbocycles. The van der Waals surface area contributed by atoms with Crippen LogP contribution in [-0.2, 0) is 11.2 Å². The lowest BCUT2D eigenvalue weighted by atomic mass is 10.1. The smallest absolute Gasteiger partial charge is 0.233 e. The highest BCUT2D eigenvalue weighted by Crippen LogP contribution is 2.03. The van der Waals surface area contributed by atoms with Gasteiger partial charge in [-0.3, -0.25) is 4.79 Å². The Morgan fingerprint density at radius 2 is 2.12 bits per heavy atom. The summed E-state index contributed by atoms with van der Waals surface area (Å²) in [6.07, 6.45) is 1.94. The molecule has 1 aromatic rings. The Bertz CT molecular complexity index is 350. The molecule has 3 heteroatoms. The van der Waals surface area contributed by atoms with Crippen LogP contribution in [0.1, 0.15) is 24.5 Å². The maximum Gasteiger partial charge on any atom is 0.233 e. The summed E-state index contributed by atoms with van der Waals surface area (Å²) in [5.74, 6) is 0.0751. The first kappa shape index (κ1) is 13.7. The Labute approximate surface area is 104 Å². The SMILES string of the molecule is CCCNCC(=O)NCCc1cccc(C)c1. The molecule has 0 saturated heterocycles. The van der Waals surface area contributed by atoms with Crippen molar-refractivity contribution < 1.29 is 4.79 Å². The second kappa shape index (κ2) is 7.85. The molecule has 2 N–H and O–H groups in total. The highest BCUT2D eigenvalue weighted by atomic mass is 16.1. The second-order valence-corrected chi connectivity index (χ2v) is 4.27. The number of carbonyl (C=O) groups is 1. The van der Waals surface area contributed by atoms with Gasteiger partial charge < -0.3 is 10.6 Å². The van der Waals surface area contributed by atoms with Gasteiger partial charge in [0.2, 0.25) is 5.91 Å². The molecule has 0 atom stereocenters. The Morgan fingerprint density at radius 1 is 1.29 bits per heavy atom.